The molecule has 114 valence electrons. The van der Waals surface area contributed by atoms with Gasteiger partial charge in [0.25, 0.3) is 5.91 Å². The number of aromatic hydroxyl groups is 1. The second kappa shape index (κ2) is 6.06. The number of hydrogen-bond acceptors (Lipinski definition) is 6. The second-order valence-electron chi connectivity index (χ2n) is 4.80. The van der Waals surface area contributed by atoms with E-state index in [4.69, 9.17) is 9.47 Å². The van der Waals surface area contributed by atoms with E-state index in [0.717, 1.165) is 6.07 Å². The fourth-order valence-corrected chi connectivity index (χ4v) is 2.16. The Morgan fingerprint density at radius 3 is 2.95 bits per heavy atom. The van der Waals surface area contributed by atoms with Gasteiger partial charge in [-0.1, -0.05) is 6.07 Å². The molecular weight excluding hydrogens is 280 g/mol. The first kappa shape index (κ1) is 15.2. The summed E-state index contributed by atoms with van der Waals surface area (Å²) in [4.78, 5) is 22.1. The van der Waals surface area contributed by atoms with Gasteiger partial charge in [0.2, 0.25) is 5.75 Å². The number of nitrogens with zero attached hydrogens (tertiary/aromatic N) is 1. The summed E-state index contributed by atoms with van der Waals surface area (Å²) in [6.07, 6.45) is 0.644. The Morgan fingerprint density at radius 2 is 2.38 bits per heavy atom. The van der Waals surface area contributed by atoms with Crippen molar-refractivity contribution in [1.82, 2.24) is 5.32 Å². The maximum Gasteiger partial charge on any atom is 0.311 e. The largest absolute Gasteiger partial charge is 0.502 e. The Balaban J connectivity index is 2.10. The van der Waals surface area contributed by atoms with Crippen LogP contribution in [0.15, 0.2) is 18.2 Å². The van der Waals surface area contributed by atoms with E-state index in [1.54, 1.807) is 0 Å². The van der Waals surface area contributed by atoms with Gasteiger partial charge in [-0.25, -0.2) is 0 Å². The quantitative estimate of drug-likeness (QED) is 0.615. The second-order valence-corrected chi connectivity index (χ2v) is 4.80. The lowest BCUT2D eigenvalue weighted by atomic mass is 10.0. The number of para-hydroxylation sites is 1. The zero-order valence-electron chi connectivity index (χ0n) is 11.5. The number of methoxy groups -OCH3 is 1. The van der Waals surface area contributed by atoms with Gasteiger partial charge in [-0.2, -0.15) is 0 Å². The Labute approximate surface area is 120 Å². The average molecular weight is 296 g/mol. The minimum atomic E-state index is -0.742. The molecule has 21 heavy (non-hydrogen) atoms. The van der Waals surface area contributed by atoms with Crippen LogP contribution in [0.5, 0.6) is 5.75 Å². The van der Waals surface area contributed by atoms with Crippen LogP contribution in [0.1, 0.15) is 16.8 Å². The van der Waals surface area contributed by atoms with Crippen molar-refractivity contribution < 1.29 is 24.3 Å². The van der Waals surface area contributed by atoms with Gasteiger partial charge in [-0.05, 0) is 6.07 Å². The maximum absolute atomic E-state index is 12.1. The molecular formula is C13H16N2O6. The molecule has 8 heteroatoms. The molecule has 0 radical (unpaired) electrons. The molecule has 2 rings (SSSR count). The number of phenolic OH excluding ortho intramolecular Hbond substituents is 1. The van der Waals surface area contributed by atoms with Gasteiger partial charge in [-0.3, -0.25) is 14.9 Å². The number of hydrogen-bond donors (Lipinski definition) is 2. The molecule has 0 spiro atoms. The maximum atomic E-state index is 12.1. The topological polar surface area (TPSA) is 111 Å². The van der Waals surface area contributed by atoms with Crippen molar-refractivity contribution in [1.29, 1.82) is 0 Å². The summed E-state index contributed by atoms with van der Waals surface area (Å²) in [5, 5.41) is 23.1. The molecule has 1 aliphatic heterocycles. The number of amides is 1. The number of phenols is 1. The van der Waals surface area contributed by atoms with E-state index >= 15 is 0 Å². The standard InChI is InChI=1S/C13H16N2O6/c1-20-13(5-6-21-8-13)7-14-12(17)9-3-2-4-10(11(9)16)15(18)19/h2-4,16H,5-8H2,1H3,(H,14,17). The first-order valence-corrected chi connectivity index (χ1v) is 6.36. The van der Waals surface area contributed by atoms with Crippen LogP contribution in [0.2, 0.25) is 0 Å². The molecule has 2 N–H and O–H groups in total. The van der Waals surface area contributed by atoms with Crippen molar-refractivity contribution in [3.8, 4) is 5.75 Å². The highest BCUT2D eigenvalue weighted by Gasteiger charge is 2.35. The van der Waals surface area contributed by atoms with E-state index in [2.05, 4.69) is 5.32 Å². The smallest absolute Gasteiger partial charge is 0.311 e. The molecule has 0 saturated carbocycles. The van der Waals surface area contributed by atoms with Crippen LogP contribution in [0, 0.1) is 10.1 Å². The van der Waals surface area contributed by atoms with Crippen LogP contribution < -0.4 is 5.32 Å². The summed E-state index contributed by atoms with van der Waals surface area (Å²) in [6.45, 7) is 1.11. The van der Waals surface area contributed by atoms with E-state index < -0.39 is 27.9 Å². The lowest BCUT2D eigenvalue weighted by molar-refractivity contribution is -0.385. The van der Waals surface area contributed by atoms with Crippen molar-refractivity contribution in [3.63, 3.8) is 0 Å². The fraction of sp³-hybridized carbons (Fsp3) is 0.462. The lowest BCUT2D eigenvalue weighted by Crippen LogP contribution is -2.45. The molecule has 0 aromatic heterocycles. The molecule has 1 aromatic carbocycles. The average Bonchev–Trinajstić information content (AvgIpc) is 2.94. The number of nitro benzene ring substituents is 1. The fourth-order valence-electron chi connectivity index (χ4n) is 2.16. The third kappa shape index (κ3) is 3.11. The molecule has 1 heterocycles. The van der Waals surface area contributed by atoms with Crippen molar-refractivity contribution in [3.05, 3.63) is 33.9 Å². The van der Waals surface area contributed by atoms with Crippen molar-refractivity contribution in [2.24, 2.45) is 0 Å². The van der Waals surface area contributed by atoms with Crippen LogP contribution in [-0.2, 0) is 9.47 Å². The molecule has 1 aliphatic rings. The predicted molar refractivity (Wildman–Crippen MR) is 72.3 cm³/mol. The number of benzene rings is 1. The molecule has 1 saturated heterocycles. The van der Waals surface area contributed by atoms with E-state index in [9.17, 15) is 20.0 Å². The van der Waals surface area contributed by atoms with E-state index in [1.165, 1.54) is 19.2 Å². The number of rotatable bonds is 5. The van der Waals surface area contributed by atoms with Crippen LogP contribution in [0.4, 0.5) is 5.69 Å². The van der Waals surface area contributed by atoms with Crippen LogP contribution >= 0.6 is 0 Å². The highest BCUT2D eigenvalue weighted by molar-refractivity contribution is 5.98. The predicted octanol–water partition coefficient (Wildman–Crippen LogP) is 0.836. The number of ether oxygens (including phenoxy) is 2. The molecule has 8 nitrogen and oxygen atoms in total. The molecule has 1 atom stereocenters. The molecule has 0 aliphatic carbocycles. The van der Waals surface area contributed by atoms with Crippen molar-refractivity contribution >= 4 is 11.6 Å². The highest BCUT2D eigenvalue weighted by Crippen LogP contribution is 2.29. The van der Waals surface area contributed by atoms with Crippen LogP contribution in [-0.4, -0.2) is 48.4 Å². The number of nitrogens with one attached hydrogen (secondary N) is 1. The van der Waals surface area contributed by atoms with Gasteiger partial charge in [0, 0.05) is 32.7 Å². The lowest BCUT2D eigenvalue weighted by Gasteiger charge is -2.25. The zero-order valence-corrected chi connectivity index (χ0v) is 11.5. The summed E-state index contributed by atoms with van der Waals surface area (Å²) in [5.74, 6) is -1.24. The third-order valence-electron chi connectivity index (χ3n) is 3.53. The summed E-state index contributed by atoms with van der Waals surface area (Å²) < 4.78 is 10.6. The zero-order chi connectivity index (χ0) is 15.5. The molecule has 1 fully saturated rings. The van der Waals surface area contributed by atoms with Crippen LogP contribution in [0.3, 0.4) is 0 Å². The minimum absolute atomic E-state index is 0.144. The Morgan fingerprint density at radius 1 is 1.62 bits per heavy atom. The summed E-state index contributed by atoms with van der Waals surface area (Å²) in [6, 6.07) is 3.80. The molecule has 1 amide bonds. The molecule has 1 aromatic rings. The number of carbonyl (C=O) groups is 1. The van der Waals surface area contributed by atoms with Crippen molar-refractivity contribution in [2.75, 3.05) is 26.9 Å². The summed E-state index contributed by atoms with van der Waals surface area (Å²) in [7, 11) is 1.53. The summed E-state index contributed by atoms with van der Waals surface area (Å²) in [5.41, 5.74) is -1.24. The van der Waals surface area contributed by atoms with Gasteiger partial charge in [0.15, 0.2) is 0 Å². The minimum Gasteiger partial charge on any atom is -0.502 e. The SMILES string of the molecule is COC1(CNC(=O)c2cccc([N+](=O)[O-])c2O)CCOC1. The van der Waals surface area contributed by atoms with E-state index in [1.807, 2.05) is 0 Å². The summed E-state index contributed by atoms with van der Waals surface area (Å²) >= 11 is 0. The van der Waals surface area contributed by atoms with Gasteiger partial charge >= 0.3 is 5.69 Å². The number of nitro groups is 1. The van der Waals surface area contributed by atoms with Gasteiger partial charge in [-0.15, -0.1) is 0 Å². The van der Waals surface area contributed by atoms with Gasteiger partial charge in [0.1, 0.15) is 5.60 Å². The van der Waals surface area contributed by atoms with E-state index in [-0.39, 0.29) is 12.1 Å². The monoisotopic (exact) mass is 296 g/mol. The Bertz CT molecular complexity index is 554. The number of carbonyl (C=O) groups excluding carboxylic acids is 1. The molecule has 0 bridgehead atoms. The van der Waals surface area contributed by atoms with Gasteiger partial charge in [0.05, 0.1) is 17.1 Å². The van der Waals surface area contributed by atoms with Crippen molar-refractivity contribution in [2.45, 2.75) is 12.0 Å². The van der Waals surface area contributed by atoms with E-state index in [0.29, 0.717) is 19.6 Å². The first-order chi connectivity index (χ1) is 9.99. The normalized spacial score (nSPS) is 21.2. The first-order valence-electron chi connectivity index (χ1n) is 6.36. The van der Waals surface area contributed by atoms with Gasteiger partial charge < -0.3 is 19.9 Å². The Kier molecular flexibility index (Phi) is 4.39. The third-order valence-corrected chi connectivity index (χ3v) is 3.53. The van der Waals surface area contributed by atoms with Crippen LogP contribution in [0.25, 0.3) is 0 Å². The highest BCUT2D eigenvalue weighted by atomic mass is 16.6. The Hall–Kier alpha value is -2.19. The molecule has 1 unspecified atom stereocenters.